The Balaban J connectivity index is 1.30. The third kappa shape index (κ3) is 3.09. The fourth-order valence-electron chi connectivity index (χ4n) is 4.83. The van der Waals surface area contributed by atoms with Crippen molar-refractivity contribution in [1.82, 2.24) is 14.0 Å². The molecule has 1 aromatic carbocycles. The normalized spacial score (nSPS) is 21.0. The summed E-state index contributed by atoms with van der Waals surface area (Å²) in [5.74, 6) is 0.852. The average Bonchev–Trinajstić information content (AvgIpc) is 3.09. The Kier molecular flexibility index (Phi) is 4.38. The maximum Gasteiger partial charge on any atom is 0.250 e. The monoisotopic (exact) mass is 439 g/mol. The molecular weight excluding hydrogens is 418 g/mol. The molecule has 1 fully saturated rings. The summed E-state index contributed by atoms with van der Waals surface area (Å²) in [7, 11) is 0. The van der Waals surface area contributed by atoms with Crippen molar-refractivity contribution in [2.24, 2.45) is 5.92 Å². The number of carbonyl (C=O) groups is 1. The fraction of sp³-hybridized carbons (Fsp3) is 0.364. The molecule has 6 heteroatoms. The number of fused-ring (bicyclic) bond motifs is 5. The van der Waals surface area contributed by atoms with Crippen LogP contribution in [0.25, 0.3) is 10.9 Å². The van der Waals surface area contributed by atoms with E-state index in [-0.39, 0.29) is 17.4 Å². The largest absolute Gasteiger partial charge is 0.347 e. The van der Waals surface area contributed by atoms with Crippen molar-refractivity contribution in [3.8, 4) is 0 Å². The third-order valence-corrected chi connectivity index (χ3v) is 6.63. The molecule has 5 rings (SSSR count). The number of nitrogens with zero attached hydrogens (tertiary/aromatic N) is 3. The van der Waals surface area contributed by atoms with Crippen LogP contribution in [0, 0.1) is 5.92 Å². The molecule has 28 heavy (non-hydrogen) atoms. The van der Waals surface area contributed by atoms with Crippen LogP contribution in [-0.4, -0.2) is 33.0 Å². The second-order valence-electron chi connectivity index (χ2n) is 7.96. The summed E-state index contributed by atoms with van der Waals surface area (Å²) in [6.45, 7) is 2.89. The van der Waals surface area contributed by atoms with E-state index in [2.05, 4.69) is 44.9 Å². The quantitative estimate of drug-likeness (QED) is 0.625. The maximum atomic E-state index is 12.9. The first-order valence-corrected chi connectivity index (χ1v) is 10.6. The molecule has 0 aliphatic carbocycles. The van der Waals surface area contributed by atoms with Gasteiger partial charge in [0.05, 0.1) is 0 Å². The summed E-state index contributed by atoms with van der Waals surface area (Å²) in [5, 5.41) is 1.19. The first-order valence-electron chi connectivity index (χ1n) is 9.80. The lowest BCUT2D eigenvalue weighted by Gasteiger charge is -2.42. The predicted molar refractivity (Wildman–Crippen MR) is 112 cm³/mol. The van der Waals surface area contributed by atoms with Crippen molar-refractivity contribution in [2.75, 3.05) is 13.1 Å². The molecule has 0 radical (unpaired) electrons. The van der Waals surface area contributed by atoms with Crippen molar-refractivity contribution in [1.29, 1.82) is 0 Å². The minimum atomic E-state index is 0.0811. The van der Waals surface area contributed by atoms with Gasteiger partial charge in [0.15, 0.2) is 0 Å². The predicted octanol–water partition coefficient (Wildman–Crippen LogP) is 3.60. The Bertz CT molecular complexity index is 1120. The van der Waals surface area contributed by atoms with Crippen molar-refractivity contribution in [3.05, 3.63) is 69.2 Å². The minimum Gasteiger partial charge on any atom is -0.347 e. The number of carbonyl (C=O) groups excluding carboxylic acids is 1. The van der Waals surface area contributed by atoms with Gasteiger partial charge in [-0.05, 0) is 42.0 Å². The van der Waals surface area contributed by atoms with Gasteiger partial charge in [0, 0.05) is 66.5 Å². The lowest BCUT2D eigenvalue weighted by Crippen LogP contribution is -2.49. The number of aromatic nitrogens is 2. The standard InChI is InChI=1S/C22H22BrN3O2/c23-18-5-4-16-6-8-24(20(16)11-18)9-7-21(27)25-12-15-10-17(14-25)19-2-1-3-22(28)26(19)13-15/h1-6,8,11,15,17H,7,9-10,12-14H2/t15-,17-/m0/s1. The minimum absolute atomic E-state index is 0.0811. The SMILES string of the molecule is O=C(CCn1ccc2ccc(Br)cc21)N1C[C@@H]2C[C@@H](C1)c1cccc(=O)n1C2. The van der Waals surface area contributed by atoms with Gasteiger partial charge in [-0.2, -0.15) is 0 Å². The lowest BCUT2D eigenvalue weighted by molar-refractivity contribution is -0.134. The second-order valence-corrected chi connectivity index (χ2v) is 8.87. The number of rotatable bonds is 3. The molecule has 2 bridgehead atoms. The number of piperidine rings is 1. The van der Waals surface area contributed by atoms with Gasteiger partial charge in [-0.15, -0.1) is 0 Å². The molecule has 144 valence electrons. The van der Waals surface area contributed by atoms with Crippen LogP contribution in [0.3, 0.4) is 0 Å². The molecule has 2 aromatic heterocycles. The molecule has 0 spiro atoms. The van der Waals surface area contributed by atoms with Gasteiger partial charge in [-0.25, -0.2) is 0 Å². The molecule has 3 aromatic rings. The zero-order valence-corrected chi connectivity index (χ0v) is 17.1. The highest BCUT2D eigenvalue weighted by atomic mass is 79.9. The lowest BCUT2D eigenvalue weighted by atomic mass is 9.83. The average molecular weight is 440 g/mol. The number of benzene rings is 1. The van der Waals surface area contributed by atoms with Crippen molar-refractivity contribution in [3.63, 3.8) is 0 Å². The highest BCUT2D eigenvalue weighted by Crippen LogP contribution is 2.35. The summed E-state index contributed by atoms with van der Waals surface area (Å²) in [6, 6.07) is 13.8. The van der Waals surface area contributed by atoms with Gasteiger partial charge >= 0.3 is 0 Å². The van der Waals surface area contributed by atoms with E-state index in [9.17, 15) is 9.59 Å². The molecule has 4 heterocycles. The Morgan fingerprint density at radius 1 is 1.11 bits per heavy atom. The number of likely N-dealkylation sites (tertiary alicyclic amines) is 1. The van der Waals surface area contributed by atoms with E-state index >= 15 is 0 Å². The summed E-state index contributed by atoms with van der Waals surface area (Å²) in [6.07, 6.45) is 3.62. The first kappa shape index (κ1) is 17.7. The van der Waals surface area contributed by atoms with Crippen LogP contribution in [0.15, 0.2) is 57.9 Å². The fourth-order valence-corrected chi connectivity index (χ4v) is 5.18. The van der Waals surface area contributed by atoms with Gasteiger partial charge in [-0.1, -0.05) is 28.1 Å². The van der Waals surface area contributed by atoms with E-state index in [0.717, 1.165) is 41.7 Å². The van der Waals surface area contributed by atoms with E-state index in [1.54, 1.807) is 6.07 Å². The molecule has 1 saturated heterocycles. The number of hydrogen-bond acceptors (Lipinski definition) is 2. The molecule has 1 amide bonds. The number of amides is 1. The smallest absolute Gasteiger partial charge is 0.250 e. The zero-order valence-electron chi connectivity index (χ0n) is 15.6. The van der Waals surface area contributed by atoms with Gasteiger partial charge in [-0.3, -0.25) is 9.59 Å². The van der Waals surface area contributed by atoms with Crippen LogP contribution in [-0.2, 0) is 17.9 Å². The number of aryl methyl sites for hydroxylation is 1. The van der Waals surface area contributed by atoms with Crippen molar-refractivity contribution in [2.45, 2.75) is 31.8 Å². The second kappa shape index (κ2) is 6.92. The molecule has 2 aliphatic heterocycles. The molecule has 0 N–H and O–H groups in total. The first-order chi connectivity index (χ1) is 13.6. The molecule has 2 atom stereocenters. The van der Waals surface area contributed by atoms with E-state index < -0.39 is 0 Å². The van der Waals surface area contributed by atoms with Gasteiger partial charge < -0.3 is 14.0 Å². The number of hydrogen-bond donors (Lipinski definition) is 0. The van der Waals surface area contributed by atoms with Crippen molar-refractivity contribution < 1.29 is 4.79 Å². The van der Waals surface area contributed by atoms with E-state index in [1.807, 2.05) is 27.7 Å². The molecule has 2 aliphatic rings. The molecule has 0 saturated carbocycles. The topological polar surface area (TPSA) is 47.2 Å². The highest BCUT2D eigenvalue weighted by Gasteiger charge is 2.35. The van der Waals surface area contributed by atoms with Crippen LogP contribution in [0.5, 0.6) is 0 Å². The van der Waals surface area contributed by atoms with Crippen LogP contribution in [0.2, 0.25) is 0 Å². The van der Waals surface area contributed by atoms with Gasteiger partial charge in [0.25, 0.3) is 5.56 Å². The van der Waals surface area contributed by atoms with Crippen LogP contribution in [0.4, 0.5) is 0 Å². The Morgan fingerprint density at radius 2 is 2.00 bits per heavy atom. The van der Waals surface area contributed by atoms with Crippen LogP contribution in [0.1, 0.15) is 24.5 Å². The zero-order chi connectivity index (χ0) is 19.3. The highest BCUT2D eigenvalue weighted by molar-refractivity contribution is 9.10. The van der Waals surface area contributed by atoms with Gasteiger partial charge in [0.2, 0.25) is 5.91 Å². The van der Waals surface area contributed by atoms with Crippen molar-refractivity contribution >= 4 is 32.7 Å². The number of halogens is 1. The Morgan fingerprint density at radius 3 is 2.89 bits per heavy atom. The van der Waals surface area contributed by atoms with E-state index in [4.69, 9.17) is 0 Å². The summed E-state index contributed by atoms with van der Waals surface area (Å²) in [5.41, 5.74) is 2.31. The summed E-state index contributed by atoms with van der Waals surface area (Å²) >= 11 is 3.53. The number of pyridine rings is 1. The van der Waals surface area contributed by atoms with Gasteiger partial charge in [0.1, 0.15) is 0 Å². The van der Waals surface area contributed by atoms with E-state index in [1.165, 1.54) is 5.39 Å². The van der Waals surface area contributed by atoms with Crippen LogP contribution < -0.4 is 5.56 Å². The third-order valence-electron chi connectivity index (χ3n) is 6.13. The molecule has 0 unspecified atom stereocenters. The Hall–Kier alpha value is -2.34. The summed E-state index contributed by atoms with van der Waals surface area (Å²) in [4.78, 5) is 27.1. The molecular formula is C22H22BrN3O2. The van der Waals surface area contributed by atoms with E-state index in [0.29, 0.717) is 18.9 Å². The Labute approximate surface area is 171 Å². The van der Waals surface area contributed by atoms with Crippen LogP contribution >= 0.6 is 15.9 Å². The molecule has 5 nitrogen and oxygen atoms in total. The maximum absolute atomic E-state index is 12.9. The summed E-state index contributed by atoms with van der Waals surface area (Å²) < 4.78 is 5.10.